The van der Waals surface area contributed by atoms with Crippen LogP contribution in [0.15, 0.2) is 24.3 Å². The van der Waals surface area contributed by atoms with Gasteiger partial charge in [0.25, 0.3) is 0 Å². The van der Waals surface area contributed by atoms with Crippen LogP contribution >= 0.6 is 0 Å². The maximum Gasteiger partial charge on any atom is 0.243 e. The Kier molecular flexibility index (Phi) is 4.82. The lowest BCUT2D eigenvalue weighted by Gasteiger charge is -2.65. The number of rotatable bonds is 5. The van der Waals surface area contributed by atoms with Gasteiger partial charge in [0.2, 0.25) is 5.91 Å². The van der Waals surface area contributed by atoms with Crippen molar-refractivity contribution in [1.82, 2.24) is 4.90 Å². The molecule has 1 aliphatic heterocycles. The van der Waals surface area contributed by atoms with Crippen LogP contribution in [-0.2, 0) is 9.53 Å². The number of nitrogens with two attached hydrogens (primary N) is 1. The molecule has 0 aromatic heterocycles. The average molecular weight is 346 g/mol. The van der Waals surface area contributed by atoms with Gasteiger partial charge in [0, 0.05) is 25.0 Å². The zero-order chi connectivity index (χ0) is 18.2. The van der Waals surface area contributed by atoms with Crippen molar-refractivity contribution in [3.63, 3.8) is 0 Å². The Morgan fingerprint density at radius 1 is 1.40 bits per heavy atom. The minimum absolute atomic E-state index is 0.00219. The van der Waals surface area contributed by atoms with Crippen LogP contribution in [-0.4, -0.2) is 49.3 Å². The molecule has 3 rings (SSSR count). The molecule has 1 amide bonds. The van der Waals surface area contributed by atoms with Crippen molar-refractivity contribution in [2.45, 2.75) is 45.3 Å². The van der Waals surface area contributed by atoms with Gasteiger partial charge in [-0.05, 0) is 31.4 Å². The summed E-state index contributed by atoms with van der Waals surface area (Å²) in [7, 11) is 1.81. The highest BCUT2D eigenvalue weighted by atomic mass is 16.5. The monoisotopic (exact) mass is 346 g/mol. The van der Waals surface area contributed by atoms with Crippen LogP contribution in [0.1, 0.15) is 32.3 Å². The average Bonchev–Trinajstić information content (AvgIpc) is 2.61. The predicted molar refractivity (Wildman–Crippen MR) is 97.5 cm³/mol. The summed E-state index contributed by atoms with van der Waals surface area (Å²) >= 11 is 0. The van der Waals surface area contributed by atoms with Gasteiger partial charge in [-0.15, -0.1) is 0 Å². The largest absolute Gasteiger partial charge is 0.491 e. The first-order chi connectivity index (χ1) is 11.8. The number of ether oxygens (including phenoxy) is 2. The number of para-hydroxylation sites is 1. The predicted octanol–water partition coefficient (Wildman–Crippen LogP) is 2.36. The number of hydrogen-bond donors (Lipinski definition) is 1. The number of hydrogen-bond acceptors (Lipinski definition) is 4. The van der Waals surface area contributed by atoms with Crippen molar-refractivity contribution in [2.24, 2.45) is 17.1 Å². The van der Waals surface area contributed by atoms with Gasteiger partial charge < -0.3 is 20.1 Å². The second-order valence-corrected chi connectivity index (χ2v) is 7.97. The smallest absolute Gasteiger partial charge is 0.243 e. The minimum Gasteiger partial charge on any atom is -0.491 e. The van der Waals surface area contributed by atoms with E-state index in [0.717, 1.165) is 30.8 Å². The molecule has 5 heteroatoms. The summed E-state index contributed by atoms with van der Waals surface area (Å²) in [5.74, 6) is 0.969. The van der Waals surface area contributed by atoms with Crippen molar-refractivity contribution in [2.75, 3.05) is 26.8 Å². The molecule has 1 aromatic rings. The number of amides is 1. The standard InChI is InChI=1S/C20H30N2O3/c1-14-8-5-6-10-16(14)24-13-11-22(4)18(23)20(21)15-9-7-12-25-17(15)19(20,2)3/h5-6,8,10,15,17H,7,9,11-13,21H2,1-4H3. The lowest BCUT2D eigenvalue weighted by molar-refractivity contribution is -0.229. The highest BCUT2D eigenvalue weighted by Crippen LogP contribution is 2.57. The number of likely N-dealkylation sites (N-methyl/N-ethyl adjacent to an activating group) is 1. The summed E-state index contributed by atoms with van der Waals surface area (Å²) in [6, 6.07) is 7.89. The molecule has 2 fully saturated rings. The molecule has 25 heavy (non-hydrogen) atoms. The molecule has 0 spiro atoms. The van der Waals surface area contributed by atoms with Crippen LogP contribution in [0.3, 0.4) is 0 Å². The lowest BCUT2D eigenvalue weighted by atomic mass is 9.46. The molecule has 2 N–H and O–H groups in total. The van der Waals surface area contributed by atoms with Crippen LogP contribution in [0.25, 0.3) is 0 Å². The summed E-state index contributed by atoms with van der Waals surface area (Å²) in [5, 5.41) is 0. The Hall–Kier alpha value is -1.59. The molecule has 138 valence electrons. The summed E-state index contributed by atoms with van der Waals surface area (Å²) in [6.45, 7) is 7.85. The third-order valence-electron chi connectivity index (χ3n) is 6.16. The molecule has 1 saturated carbocycles. The summed E-state index contributed by atoms with van der Waals surface area (Å²) in [6.07, 6.45) is 2.03. The molecule has 3 unspecified atom stereocenters. The first-order valence-electron chi connectivity index (χ1n) is 9.14. The van der Waals surface area contributed by atoms with Crippen molar-refractivity contribution in [3.8, 4) is 5.75 Å². The highest BCUT2D eigenvalue weighted by Gasteiger charge is 2.70. The van der Waals surface area contributed by atoms with Gasteiger partial charge in [-0.25, -0.2) is 0 Å². The number of carbonyl (C=O) groups excluding carboxylic acids is 1. The Bertz CT molecular complexity index is 646. The lowest BCUT2D eigenvalue weighted by Crippen LogP contribution is -2.82. The van der Waals surface area contributed by atoms with Crippen LogP contribution in [0.5, 0.6) is 5.75 Å². The fourth-order valence-corrected chi connectivity index (χ4v) is 4.44. The molecule has 1 heterocycles. The Balaban J connectivity index is 1.61. The van der Waals surface area contributed by atoms with Crippen molar-refractivity contribution in [3.05, 3.63) is 29.8 Å². The third-order valence-corrected chi connectivity index (χ3v) is 6.16. The number of aryl methyl sites for hydroxylation is 1. The van der Waals surface area contributed by atoms with Gasteiger partial charge in [0.1, 0.15) is 17.9 Å². The van der Waals surface area contributed by atoms with Gasteiger partial charge >= 0.3 is 0 Å². The first-order valence-corrected chi connectivity index (χ1v) is 9.14. The first kappa shape index (κ1) is 18.2. The van der Waals surface area contributed by atoms with E-state index in [9.17, 15) is 4.79 Å². The Labute approximate surface area is 150 Å². The highest BCUT2D eigenvalue weighted by molar-refractivity contribution is 5.89. The molecule has 0 radical (unpaired) electrons. The maximum absolute atomic E-state index is 13.1. The molecule has 2 aliphatic rings. The van der Waals surface area contributed by atoms with Gasteiger partial charge in [-0.1, -0.05) is 32.0 Å². The van der Waals surface area contributed by atoms with Gasteiger partial charge in [-0.3, -0.25) is 4.79 Å². The Morgan fingerprint density at radius 2 is 2.12 bits per heavy atom. The van der Waals surface area contributed by atoms with Crippen LogP contribution < -0.4 is 10.5 Å². The summed E-state index contributed by atoms with van der Waals surface area (Å²) in [5.41, 5.74) is 6.57. The number of nitrogens with zero attached hydrogens (tertiary/aromatic N) is 1. The number of benzene rings is 1. The van der Waals surface area contributed by atoms with Gasteiger partial charge in [-0.2, -0.15) is 0 Å². The van der Waals surface area contributed by atoms with Gasteiger partial charge in [0.15, 0.2) is 0 Å². The van der Waals surface area contributed by atoms with E-state index >= 15 is 0 Å². The van der Waals surface area contributed by atoms with Crippen molar-refractivity contribution in [1.29, 1.82) is 0 Å². The molecular weight excluding hydrogens is 316 g/mol. The quantitative estimate of drug-likeness (QED) is 0.889. The fourth-order valence-electron chi connectivity index (χ4n) is 4.44. The van der Waals surface area contributed by atoms with E-state index in [1.54, 1.807) is 4.90 Å². The normalized spacial score (nSPS) is 30.1. The second-order valence-electron chi connectivity index (χ2n) is 7.97. The van der Waals surface area contributed by atoms with E-state index in [1.165, 1.54) is 0 Å². The van der Waals surface area contributed by atoms with E-state index in [0.29, 0.717) is 13.2 Å². The van der Waals surface area contributed by atoms with Crippen LogP contribution in [0, 0.1) is 18.3 Å². The molecule has 1 aromatic carbocycles. The molecular formula is C20H30N2O3. The zero-order valence-electron chi connectivity index (χ0n) is 15.7. The van der Waals surface area contributed by atoms with Crippen molar-refractivity contribution < 1.29 is 14.3 Å². The van der Waals surface area contributed by atoms with E-state index in [-0.39, 0.29) is 23.3 Å². The minimum atomic E-state index is -0.852. The fraction of sp³-hybridized carbons (Fsp3) is 0.650. The maximum atomic E-state index is 13.1. The SMILES string of the molecule is Cc1ccccc1OCCN(C)C(=O)C1(N)C2CCCOC2C1(C)C. The molecule has 3 atom stereocenters. The third kappa shape index (κ3) is 2.83. The van der Waals surface area contributed by atoms with Gasteiger partial charge in [0.05, 0.1) is 12.6 Å². The van der Waals surface area contributed by atoms with E-state index < -0.39 is 5.54 Å². The molecule has 1 aliphatic carbocycles. The van der Waals surface area contributed by atoms with Crippen molar-refractivity contribution >= 4 is 5.91 Å². The summed E-state index contributed by atoms with van der Waals surface area (Å²) in [4.78, 5) is 14.8. The van der Waals surface area contributed by atoms with E-state index in [2.05, 4.69) is 13.8 Å². The summed E-state index contributed by atoms with van der Waals surface area (Å²) < 4.78 is 11.7. The van der Waals surface area contributed by atoms with Crippen LogP contribution in [0.4, 0.5) is 0 Å². The topological polar surface area (TPSA) is 64.8 Å². The second kappa shape index (κ2) is 6.61. The molecule has 0 bridgehead atoms. The zero-order valence-corrected chi connectivity index (χ0v) is 15.7. The van der Waals surface area contributed by atoms with E-state index in [1.807, 2.05) is 38.2 Å². The molecule has 5 nitrogen and oxygen atoms in total. The number of fused-ring (bicyclic) bond motifs is 1. The van der Waals surface area contributed by atoms with Crippen LogP contribution in [0.2, 0.25) is 0 Å². The number of carbonyl (C=O) groups is 1. The Morgan fingerprint density at radius 3 is 2.84 bits per heavy atom. The van der Waals surface area contributed by atoms with E-state index in [4.69, 9.17) is 15.2 Å². The molecule has 1 saturated heterocycles.